The smallest absolute Gasteiger partial charge is 0.235 e. The first-order valence-electron chi connectivity index (χ1n) is 11.0. The number of amides is 1. The molecule has 2 aliphatic rings. The summed E-state index contributed by atoms with van der Waals surface area (Å²) in [6.07, 6.45) is 3.36. The molecule has 1 amide bonds. The number of piperidine rings is 1. The van der Waals surface area contributed by atoms with Crippen LogP contribution >= 0.6 is 0 Å². The van der Waals surface area contributed by atoms with E-state index in [1.165, 1.54) is 0 Å². The predicted molar refractivity (Wildman–Crippen MR) is 123 cm³/mol. The van der Waals surface area contributed by atoms with Crippen molar-refractivity contribution in [2.24, 2.45) is 0 Å². The van der Waals surface area contributed by atoms with Crippen LogP contribution in [0.15, 0.2) is 66.9 Å². The van der Waals surface area contributed by atoms with E-state index in [4.69, 9.17) is 9.47 Å². The Labute approximate surface area is 188 Å². The summed E-state index contributed by atoms with van der Waals surface area (Å²) < 4.78 is 11.7. The average Bonchev–Trinajstić information content (AvgIpc) is 3.10. The maximum atomic E-state index is 13.1. The number of carbonyl (C=O) groups excluding carboxylic acids is 1. The normalized spacial score (nSPS) is 17.1. The third kappa shape index (κ3) is 3.82. The van der Waals surface area contributed by atoms with E-state index >= 15 is 0 Å². The summed E-state index contributed by atoms with van der Waals surface area (Å²) in [6.45, 7) is 2.94. The number of rotatable bonds is 6. The summed E-state index contributed by atoms with van der Waals surface area (Å²) in [4.78, 5) is 19.9. The summed E-state index contributed by atoms with van der Waals surface area (Å²) >= 11 is 0. The average molecular weight is 430 g/mol. The molecule has 164 valence electrons. The second-order valence-electron chi connectivity index (χ2n) is 8.46. The van der Waals surface area contributed by atoms with Crippen LogP contribution < -0.4 is 14.8 Å². The van der Waals surface area contributed by atoms with Gasteiger partial charge in [0.25, 0.3) is 0 Å². The quantitative estimate of drug-likeness (QED) is 0.638. The molecule has 2 aromatic carbocycles. The molecular weight excluding hydrogens is 402 g/mol. The van der Waals surface area contributed by atoms with Crippen LogP contribution in [0.1, 0.15) is 29.7 Å². The van der Waals surface area contributed by atoms with Crippen LogP contribution in [0.2, 0.25) is 0 Å². The zero-order chi connectivity index (χ0) is 22.0. The van der Waals surface area contributed by atoms with Gasteiger partial charge in [0.1, 0.15) is 6.61 Å². The lowest BCUT2D eigenvalue weighted by atomic mass is 9.73. The second-order valence-corrected chi connectivity index (χ2v) is 8.46. The third-order valence-corrected chi connectivity index (χ3v) is 6.56. The highest BCUT2D eigenvalue weighted by Gasteiger charge is 2.49. The first kappa shape index (κ1) is 20.5. The molecule has 0 bridgehead atoms. The number of likely N-dealkylation sites (tertiary alicyclic amines) is 1. The van der Waals surface area contributed by atoms with E-state index in [1.807, 2.05) is 66.9 Å². The number of benzene rings is 2. The summed E-state index contributed by atoms with van der Waals surface area (Å²) in [6, 6.07) is 19.9. The molecule has 1 spiro atoms. The van der Waals surface area contributed by atoms with Gasteiger partial charge < -0.3 is 14.8 Å². The predicted octanol–water partition coefficient (Wildman–Crippen LogP) is 4.16. The fourth-order valence-electron chi connectivity index (χ4n) is 4.74. The van der Waals surface area contributed by atoms with Gasteiger partial charge in [-0.2, -0.15) is 0 Å². The molecule has 0 unspecified atom stereocenters. The number of nitrogens with zero attached hydrogens (tertiary/aromatic N) is 2. The van der Waals surface area contributed by atoms with E-state index in [1.54, 1.807) is 7.11 Å². The van der Waals surface area contributed by atoms with Crippen LogP contribution in [0.4, 0.5) is 5.69 Å². The van der Waals surface area contributed by atoms with E-state index in [2.05, 4.69) is 15.2 Å². The number of fused-ring (bicyclic) bond motifs is 2. The summed E-state index contributed by atoms with van der Waals surface area (Å²) in [5.74, 6) is 1.37. The van der Waals surface area contributed by atoms with Crippen molar-refractivity contribution in [2.75, 3.05) is 25.5 Å². The van der Waals surface area contributed by atoms with Crippen molar-refractivity contribution in [1.82, 2.24) is 9.88 Å². The van der Waals surface area contributed by atoms with Gasteiger partial charge in [0.05, 0.1) is 18.2 Å². The molecule has 1 saturated heterocycles. The fraction of sp³-hybridized carbons (Fsp3) is 0.308. The molecule has 0 saturated carbocycles. The number of methoxy groups -OCH3 is 1. The Bertz CT molecular complexity index is 1090. The van der Waals surface area contributed by atoms with Crippen molar-refractivity contribution in [3.8, 4) is 11.5 Å². The number of aromatic nitrogens is 1. The Balaban J connectivity index is 1.34. The van der Waals surface area contributed by atoms with Gasteiger partial charge >= 0.3 is 0 Å². The van der Waals surface area contributed by atoms with Crippen molar-refractivity contribution in [2.45, 2.75) is 31.4 Å². The number of nitrogens with one attached hydrogen (secondary N) is 1. The van der Waals surface area contributed by atoms with Crippen molar-refractivity contribution in [3.63, 3.8) is 0 Å². The van der Waals surface area contributed by atoms with Crippen LogP contribution in [0.25, 0.3) is 0 Å². The van der Waals surface area contributed by atoms with Gasteiger partial charge in [-0.3, -0.25) is 14.7 Å². The zero-order valence-corrected chi connectivity index (χ0v) is 18.2. The fourth-order valence-corrected chi connectivity index (χ4v) is 4.74. The monoisotopic (exact) mass is 429 g/mol. The van der Waals surface area contributed by atoms with Crippen LogP contribution in [-0.4, -0.2) is 36.0 Å². The molecule has 6 heteroatoms. The van der Waals surface area contributed by atoms with Crippen molar-refractivity contribution < 1.29 is 14.3 Å². The molecule has 0 aliphatic carbocycles. The Kier molecular flexibility index (Phi) is 5.53. The molecule has 6 nitrogen and oxygen atoms in total. The number of ether oxygens (including phenoxy) is 2. The minimum atomic E-state index is -0.513. The standard InChI is InChI=1S/C26H27N3O3/c1-31-23-15-21-22(16-24(23)32-18-19-7-3-2-4-8-19)28-25(30)26(21)10-13-29(14-11-26)17-20-9-5-6-12-27-20/h2-9,12,15-16H,10-11,13-14,17-18H2,1H3,(H,28,30). The van der Waals surface area contributed by atoms with Crippen LogP contribution in [0, 0.1) is 0 Å². The lowest BCUT2D eigenvalue weighted by molar-refractivity contribution is -0.122. The van der Waals surface area contributed by atoms with Gasteiger partial charge in [0.15, 0.2) is 11.5 Å². The Morgan fingerprint density at radius 1 is 1.03 bits per heavy atom. The number of anilines is 1. The Morgan fingerprint density at radius 3 is 2.53 bits per heavy atom. The van der Waals surface area contributed by atoms with Gasteiger partial charge in [-0.1, -0.05) is 36.4 Å². The van der Waals surface area contributed by atoms with Crippen LogP contribution in [0.5, 0.6) is 11.5 Å². The van der Waals surface area contributed by atoms with E-state index in [-0.39, 0.29) is 5.91 Å². The molecule has 3 aromatic rings. The van der Waals surface area contributed by atoms with Crippen molar-refractivity contribution >= 4 is 11.6 Å². The van der Waals surface area contributed by atoms with Crippen molar-refractivity contribution in [1.29, 1.82) is 0 Å². The molecular formula is C26H27N3O3. The number of hydrogen-bond donors (Lipinski definition) is 1. The molecule has 1 fully saturated rings. The van der Waals surface area contributed by atoms with Crippen LogP contribution in [0.3, 0.4) is 0 Å². The lowest BCUT2D eigenvalue weighted by Crippen LogP contribution is -2.46. The first-order chi connectivity index (χ1) is 15.7. The van der Waals surface area contributed by atoms with Gasteiger partial charge in [-0.25, -0.2) is 0 Å². The molecule has 0 atom stereocenters. The molecule has 5 rings (SSSR count). The second kappa shape index (κ2) is 8.63. The van der Waals surface area contributed by atoms with E-state index in [0.717, 1.165) is 55.0 Å². The number of carbonyl (C=O) groups is 1. The minimum absolute atomic E-state index is 0.0762. The summed E-state index contributed by atoms with van der Waals surface area (Å²) in [7, 11) is 1.64. The highest BCUT2D eigenvalue weighted by molar-refractivity contribution is 6.06. The van der Waals surface area contributed by atoms with Crippen molar-refractivity contribution in [3.05, 3.63) is 83.7 Å². The van der Waals surface area contributed by atoms with Gasteiger partial charge in [-0.15, -0.1) is 0 Å². The zero-order valence-electron chi connectivity index (χ0n) is 18.2. The lowest BCUT2D eigenvalue weighted by Gasteiger charge is -2.38. The molecule has 0 radical (unpaired) electrons. The summed E-state index contributed by atoms with van der Waals surface area (Å²) in [5, 5.41) is 3.11. The maximum Gasteiger partial charge on any atom is 0.235 e. The highest BCUT2D eigenvalue weighted by Crippen LogP contribution is 2.49. The SMILES string of the molecule is COc1cc2c(cc1OCc1ccccc1)NC(=O)C21CCN(Cc2ccccn2)CC1. The first-order valence-corrected chi connectivity index (χ1v) is 11.0. The maximum absolute atomic E-state index is 13.1. The van der Waals surface area contributed by atoms with Gasteiger partial charge in [-0.05, 0) is 55.3 Å². The molecule has 32 heavy (non-hydrogen) atoms. The highest BCUT2D eigenvalue weighted by atomic mass is 16.5. The minimum Gasteiger partial charge on any atom is -0.493 e. The molecule has 2 aliphatic heterocycles. The number of hydrogen-bond acceptors (Lipinski definition) is 5. The Morgan fingerprint density at radius 2 is 1.81 bits per heavy atom. The summed E-state index contributed by atoms with van der Waals surface area (Å²) in [5.41, 5.74) is 3.47. The third-order valence-electron chi connectivity index (χ3n) is 6.56. The number of pyridine rings is 1. The topological polar surface area (TPSA) is 63.7 Å². The molecule has 1 N–H and O–H groups in total. The van der Waals surface area contributed by atoms with E-state index < -0.39 is 5.41 Å². The largest absolute Gasteiger partial charge is 0.493 e. The molecule has 1 aromatic heterocycles. The Hall–Kier alpha value is -3.38. The van der Waals surface area contributed by atoms with E-state index in [9.17, 15) is 4.79 Å². The van der Waals surface area contributed by atoms with Gasteiger partial charge in [0, 0.05) is 24.5 Å². The molecule has 3 heterocycles. The van der Waals surface area contributed by atoms with Crippen LogP contribution in [-0.2, 0) is 23.4 Å². The van der Waals surface area contributed by atoms with E-state index in [0.29, 0.717) is 18.1 Å². The van der Waals surface area contributed by atoms with Gasteiger partial charge in [0.2, 0.25) is 5.91 Å².